The molecule has 2 N–H and O–H groups in total. The highest BCUT2D eigenvalue weighted by Gasteiger charge is 2.19. The van der Waals surface area contributed by atoms with E-state index in [1.807, 2.05) is 30.3 Å². The molecule has 0 spiro atoms. The molecule has 148 valence electrons. The first-order chi connectivity index (χ1) is 13.8. The average Bonchev–Trinajstić information content (AvgIpc) is 2.69. The van der Waals surface area contributed by atoms with Crippen LogP contribution in [-0.4, -0.2) is 20.1 Å². The number of anilines is 2. The van der Waals surface area contributed by atoms with Gasteiger partial charge in [-0.3, -0.25) is 14.3 Å². The SMILES string of the molecule is CC(=O)Nc1ccc(S(=O)(=O)Nc2ccccc2C(=O)Cc2ccccc2)cc1. The summed E-state index contributed by atoms with van der Waals surface area (Å²) in [4.78, 5) is 23.8. The molecule has 29 heavy (non-hydrogen) atoms. The number of benzene rings is 3. The lowest BCUT2D eigenvalue weighted by Crippen LogP contribution is -2.16. The van der Waals surface area contributed by atoms with Crippen LogP contribution in [0.3, 0.4) is 0 Å². The van der Waals surface area contributed by atoms with E-state index in [2.05, 4.69) is 10.0 Å². The Morgan fingerprint density at radius 1 is 0.828 bits per heavy atom. The van der Waals surface area contributed by atoms with Crippen LogP contribution in [0.5, 0.6) is 0 Å². The molecule has 0 aromatic heterocycles. The standard InChI is InChI=1S/C22H20N2O4S/c1-16(25)23-18-11-13-19(14-12-18)29(27,28)24-21-10-6-5-9-20(21)22(26)15-17-7-3-2-4-8-17/h2-14,24H,15H2,1H3,(H,23,25). The van der Waals surface area contributed by atoms with Gasteiger partial charge in [-0.1, -0.05) is 42.5 Å². The van der Waals surface area contributed by atoms with E-state index < -0.39 is 10.0 Å². The van der Waals surface area contributed by atoms with Gasteiger partial charge in [0.1, 0.15) is 0 Å². The van der Waals surface area contributed by atoms with Crippen molar-refractivity contribution < 1.29 is 18.0 Å². The second kappa shape index (κ2) is 8.70. The number of nitrogens with one attached hydrogen (secondary N) is 2. The van der Waals surface area contributed by atoms with Crippen molar-refractivity contribution in [3.63, 3.8) is 0 Å². The number of Topliss-reactive ketones (excluding diaryl/α,β-unsaturated/α-hetero) is 1. The van der Waals surface area contributed by atoms with Gasteiger partial charge in [0.15, 0.2) is 5.78 Å². The first kappa shape index (κ1) is 20.3. The molecule has 0 saturated carbocycles. The second-order valence-corrected chi connectivity index (χ2v) is 8.12. The van der Waals surface area contributed by atoms with E-state index in [1.54, 1.807) is 24.3 Å². The molecule has 0 fully saturated rings. The van der Waals surface area contributed by atoms with Crippen LogP contribution in [0.1, 0.15) is 22.8 Å². The minimum absolute atomic E-state index is 0.0249. The summed E-state index contributed by atoms with van der Waals surface area (Å²) in [6, 6.07) is 21.6. The zero-order valence-corrected chi connectivity index (χ0v) is 16.6. The van der Waals surface area contributed by atoms with Gasteiger partial charge in [-0.2, -0.15) is 0 Å². The number of carbonyl (C=O) groups is 2. The number of rotatable bonds is 7. The van der Waals surface area contributed by atoms with Crippen LogP contribution in [0.2, 0.25) is 0 Å². The molecule has 3 aromatic rings. The van der Waals surface area contributed by atoms with Crippen LogP contribution in [-0.2, 0) is 21.2 Å². The van der Waals surface area contributed by atoms with Crippen LogP contribution >= 0.6 is 0 Å². The number of amides is 1. The van der Waals surface area contributed by atoms with Crippen LogP contribution in [0, 0.1) is 0 Å². The van der Waals surface area contributed by atoms with Gasteiger partial charge in [0.25, 0.3) is 10.0 Å². The minimum Gasteiger partial charge on any atom is -0.326 e. The average molecular weight is 408 g/mol. The maximum atomic E-state index is 12.8. The Hall–Kier alpha value is -3.45. The molecule has 7 heteroatoms. The Labute approximate surface area is 169 Å². The summed E-state index contributed by atoms with van der Waals surface area (Å²) in [7, 11) is -3.90. The summed E-state index contributed by atoms with van der Waals surface area (Å²) in [6.07, 6.45) is 0.172. The van der Waals surface area contributed by atoms with Crippen molar-refractivity contribution in [2.24, 2.45) is 0 Å². The first-order valence-corrected chi connectivity index (χ1v) is 10.4. The lowest BCUT2D eigenvalue weighted by atomic mass is 10.0. The largest absolute Gasteiger partial charge is 0.326 e. The highest BCUT2D eigenvalue weighted by atomic mass is 32.2. The van der Waals surface area contributed by atoms with Crippen molar-refractivity contribution in [2.75, 3.05) is 10.0 Å². The third-order valence-corrected chi connectivity index (χ3v) is 5.55. The molecule has 0 unspecified atom stereocenters. The van der Waals surface area contributed by atoms with Gasteiger partial charge in [0.2, 0.25) is 5.91 Å². The summed E-state index contributed by atoms with van der Waals surface area (Å²) in [5, 5.41) is 2.58. The van der Waals surface area contributed by atoms with Gasteiger partial charge < -0.3 is 5.32 Å². The summed E-state index contributed by atoms with van der Waals surface area (Å²) >= 11 is 0. The summed E-state index contributed by atoms with van der Waals surface area (Å²) in [5.74, 6) is -0.430. The maximum absolute atomic E-state index is 12.8. The summed E-state index contributed by atoms with van der Waals surface area (Å²) < 4.78 is 28.0. The van der Waals surface area contributed by atoms with Crippen LogP contribution in [0.25, 0.3) is 0 Å². The zero-order valence-electron chi connectivity index (χ0n) is 15.8. The molecule has 0 aliphatic rings. The molecular formula is C22H20N2O4S. The van der Waals surface area contributed by atoms with Crippen LogP contribution in [0.15, 0.2) is 83.8 Å². The van der Waals surface area contributed by atoms with Gasteiger partial charge in [0, 0.05) is 24.6 Å². The molecule has 3 aromatic carbocycles. The maximum Gasteiger partial charge on any atom is 0.261 e. The smallest absolute Gasteiger partial charge is 0.261 e. The molecular weight excluding hydrogens is 388 g/mol. The summed E-state index contributed by atoms with van der Waals surface area (Å²) in [6.45, 7) is 1.37. The van der Waals surface area contributed by atoms with E-state index in [-0.39, 0.29) is 28.7 Å². The molecule has 0 heterocycles. The Balaban J connectivity index is 1.82. The predicted molar refractivity (Wildman–Crippen MR) is 112 cm³/mol. The lowest BCUT2D eigenvalue weighted by Gasteiger charge is -2.12. The molecule has 0 aliphatic heterocycles. The molecule has 0 atom stereocenters. The monoisotopic (exact) mass is 408 g/mol. The number of carbonyl (C=O) groups excluding carboxylic acids is 2. The number of hydrogen-bond donors (Lipinski definition) is 2. The molecule has 6 nitrogen and oxygen atoms in total. The number of ketones is 1. The second-order valence-electron chi connectivity index (χ2n) is 6.44. The molecule has 0 bridgehead atoms. The lowest BCUT2D eigenvalue weighted by molar-refractivity contribution is -0.114. The Morgan fingerprint density at radius 3 is 2.10 bits per heavy atom. The number of sulfonamides is 1. The highest BCUT2D eigenvalue weighted by Crippen LogP contribution is 2.22. The van der Waals surface area contributed by atoms with Crippen molar-refractivity contribution in [1.82, 2.24) is 0 Å². The van der Waals surface area contributed by atoms with E-state index in [1.165, 1.54) is 31.2 Å². The Bertz CT molecular complexity index is 1120. The van der Waals surface area contributed by atoms with E-state index in [9.17, 15) is 18.0 Å². The highest BCUT2D eigenvalue weighted by molar-refractivity contribution is 7.92. The van der Waals surface area contributed by atoms with Gasteiger partial charge in [-0.05, 0) is 42.0 Å². The number of hydrogen-bond acceptors (Lipinski definition) is 4. The zero-order chi connectivity index (χ0) is 20.9. The molecule has 0 saturated heterocycles. The third-order valence-electron chi connectivity index (χ3n) is 4.16. The van der Waals surface area contributed by atoms with E-state index in [0.29, 0.717) is 11.3 Å². The quantitative estimate of drug-likeness (QED) is 0.581. The third kappa shape index (κ3) is 5.30. The van der Waals surface area contributed by atoms with Crippen LogP contribution < -0.4 is 10.0 Å². The van der Waals surface area contributed by atoms with Crippen molar-refractivity contribution in [3.05, 3.63) is 90.0 Å². The van der Waals surface area contributed by atoms with Gasteiger partial charge >= 0.3 is 0 Å². The van der Waals surface area contributed by atoms with Gasteiger partial charge in [-0.25, -0.2) is 8.42 Å². The summed E-state index contributed by atoms with van der Waals surface area (Å²) in [5.41, 5.74) is 1.87. The normalized spacial score (nSPS) is 10.9. The van der Waals surface area contributed by atoms with Crippen molar-refractivity contribution in [3.8, 4) is 0 Å². The minimum atomic E-state index is -3.90. The molecule has 0 aliphatic carbocycles. The molecule has 1 amide bonds. The fraction of sp³-hybridized carbons (Fsp3) is 0.0909. The van der Waals surface area contributed by atoms with E-state index >= 15 is 0 Å². The topological polar surface area (TPSA) is 92.3 Å². The fourth-order valence-electron chi connectivity index (χ4n) is 2.82. The first-order valence-electron chi connectivity index (χ1n) is 8.92. The van der Waals surface area contributed by atoms with E-state index in [0.717, 1.165) is 5.56 Å². The number of para-hydroxylation sites is 1. The fourth-order valence-corrected chi connectivity index (χ4v) is 3.90. The molecule has 0 radical (unpaired) electrons. The predicted octanol–water partition coefficient (Wildman–Crippen LogP) is 3.87. The van der Waals surface area contributed by atoms with E-state index in [4.69, 9.17) is 0 Å². The molecule has 3 rings (SSSR count). The Morgan fingerprint density at radius 2 is 1.45 bits per heavy atom. The van der Waals surface area contributed by atoms with Crippen molar-refractivity contribution in [1.29, 1.82) is 0 Å². The van der Waals surface area contributed by atoms with Crippen molar-refractivity contribution in [2.45, 2.75) is 18.2 Å². The van der Waals surface area contributed by atoms with Crippen LogP contribution in [0.4, 0.5) is 11.4 Å². The van der Waals surface area contributed by atoms with Gasteiger partial charge in [0.05, 0.1) is 10.6 Å². The van der Waals surface area contributed by atoms with Crippen molar-refractivity contribution >= 4 is 33.1 Å². The Kier molecular flexibility index (Phi) is 6.09. The van der Waals surface area contributed by atoms with Gasteiger partial charge in [-0.15, -0.1) is 0 Å².